The third kappa shape index (κ3) is 4.15. The first kappa shape index (κ1) is 18.8. The number of hydrogen-bond donors (Lipinski definition) is 2. The summed E-state index contributed by atoms with van der Waals surface area (Å²) in [6.07, 6.45) is 5.76. The van der Waals surface area contributed by atoms with E-state index in [2.05, 4.69) is 17.6 Å². The molecular formula is C21H27FN2O2S. The molecule has 2 N–H and O–H groups in total. The topological polar surface area (TPSA) is 58.2 Å². The molecule has 2 amide bonds. The summed E-state index contributed by atoms with van der Waals surface area (Å²) in [6, 6.07) is 5.94. The van der Waals surface area contributed by atoms with Gasteiger partial charge in [0.2, 0.25) is 11.8 Å². The third-order valence-electron chi connectivity index (χ3n) is 6.53. The second kappa shape index (κ2) is 7.82. The zero-order valence-corrected chi connectivity index (χ0v) is 16.4. The fraction of sp³-hybridized carbons (Fsp3) is 0.619. The van der Waals surface area contributed by atoms with Crippen molar-refractivity contribution in [3.8, 4) is 0 Å². The molecule has 4 nitrogen and oxygen atoms in total. The highest BCUT2D eigenvalue weighted by Crippen LogP contribution is 2.49. The molecule has 0 spiro atoms. The van der Waals surface area contributed by atoms with Gasteiger partial charge < -0.3 is 10.6 Å². The maximum atomic E-state index is 13.0. The van der Waals surface area contributed by atoms with Crippen molar-refractivity contribution in [3.63, 3.8) is 0 Å². The van der Waals surface area contributed by atoms with Crippen molar-refractivity contribution in [2.75, 3.05) is 5.75 Å². The van der Waals surface area contributed by atoms with Crippen LogP contribution in [0.1, 0.15) is 38.2 Å². The quantitative estimate of drug-likeness (QED) is 0.813. The molecule has 2 saturated carbocycles. The van der Waals surface area contributed by atoms with E-state index < -0.39 is 6.04 Å². The summed E-state index contributed by atoms with van der Waals surface area (Å²) < 4.78 is 13.0. The molecular weight excluding hydrogens is 363 g/mol. The van der Waals surface area contributed by atoms with Crippen molar-refractivity contribution < 1.29 is 14.0 Å². The Morgan fingerprint density at radius 1 is 1.30 bits per heavy atom. The molecule has 1 aliphatic heterocycles. The van der Waals surface area contributed by atoms with Gasteiger partial charge >= 0.3 is 0 Å². The Kier molecular flexibility index (Phi) is 5.44. The number of carbonyl (C=O) groups excluding carboxylic acids is 2. The standard InChI is InChI=1S/C21H27FN2O2S/c1-12(17-9-14-2-5-15(17)8-14)23-20(25)18-11-27-19(21(26)24-18)10-13-3-6-16(22)7-4-13/h3-4,6-7,12,14-15,17-19H,2,5,8-11H2,1H3,(H,23,25)(H,24,26)/t12-,14+,15+,17-,18-,19+/m0/s1. The minimum Gasteiger partial charge on any atom is -0.352 e. The van der Waals surface area contributed by atoms with Crippen molar-refractivity contribution in [1.82, 2.24) is 10.6 Å². The fourth-order valence-electron chi connectivity index (χ4n) is 5.06. The van der Waals surface area contributed by atoms with Gasteiger partial charge in [-0.1, -0.05) is 18.6 Å². The predicted octanol–water partition coefficient (Wildman–Crippen LogP) is 2.91. The highest BCUT2D eigenvalue weighted by atomic mass is 32.2. The normalized spacial score (nSPS) is 33.6. The molecule has 4 rings (SSSR count). The van der Waals surface area contributed by atoms with Crippen LogP contribution in [0.25, 0.3) is 0 Å². The molecule has 6 heteroatoms. The lowest BCUT2D eigenvalue weighted by atomic mass is 9.84. The van der Waals surface area contributed by atoms with Gasteiger partial charge in [-0.3, -0.25) is 9.59 Å². The van der Waals surface area contributed by atoms with Crippen molar-refractivity contribution in [2.24, 2.45) is 17.8 Å². The molecule has 0 unspecified atom stereocenters. The number of amides is 2. The number of carbonyl (C=O) groups is 2. The summed E-state index contributed by atoms with van der Waals surface area (Å²) in [5.74, 6) is 2.34. The lowest BCUT2D eigenvalue weighted by molar-refractivity contribution is -0.129. The Hall–Kier alpha value is -1.56. The van der Waals surface area contributed by atoms with Crippen LogP contribution in [-0.4, -0.2) is 34.9 Å². The lowest BCUT2D eigenvalue weighted by Crippen LogP contribution is -2.56. The zero-order valence-electron chi connectivity index (χ0n) is 15.6. The maximum Gasteiger partial charge on any atom is 0.243 e. The number of rotatable bonds is 5. The average molecular weight is 391 g/mol. The Morgan fingerprint density at radius 3 is 2.70 bits per heavy atom. The van der Waals surface area contributed by atoms with Crippen LogP contribution in [0.15, 0.2) is 24.3 Å². The van der Waals surface area contributed by atoms with E-state index in [1.54, 1.807) is 12.1 Å². The SMILES string of the molecule is C[C@H](NC(=O)[C@@H]1CS[C@H](Cc2ccc(F)cc2)C(=O)N1)[C@@H]1C[C@@H]2CC[C@@H]1C2. The number of halogens is 1. The number of thioether (sulfide) groups is 1. The number of fused-ring (bicyclic) bond motifs is 2. The van der Waals surface area contributed by atoms with Crippen LogP contribution in [-0.2, 0) is 16.0 Å². The first-order valence-electron chi connectivity index (χ1n) is 9.96. The molecule has 0 aromatic heterocycles. The van der Waals surface area contributed by atoms with Crippen molar-refractivity contribution in [2.45, 2.75) is 56.4 Å². The van der Waals surface area contributed by atoms with E-state index in [1.807, 2.05) is 0 Å². The Labute approximate surface area is 164 Å². The minimum absolute atomic E-state index is 0.0636. The van der Waals surface area contributed by atoms with Crippen molar-refractivity contribution in [3.05, 3.63) is 35.6 Å². The summed E-state index contributed by atoms with van der Waals surface area (Å²) in [6.45, 7) is 2.11. The van der Waals surface area contributed by atoms with E-state index in [4.69, 9.17) is 0 Å². The van der Waals surface area contributed by atoms with E-state index in [0.29, 0.717) is 18.1 Å². The lowest BCUT2D eigenvalue weighted by Gasteiger charge is -2.32. The summed E-state index contributed by atoms with van der Waals surface area (Å²) in [7, 11) is 0. The zero-order chi connectivity index (χ0) is 19.0. The van der Waals surface area contributed by atoms with E-state index in [-0.39, 0.29) is 28.9 Å². The molecule has 1 saturated heterocycles. The number of nitrogens with one attached hydrogen (secondary N) is 2. The molecule has 0 radical (unpaired) electrons. The first-order chi connectivity index (χ1) is 13.0. The van der Waals surface area contributed by atoms with Crippen LogP contribution >= 0.6 is 11.8 Å². The van der Waals surface area contributed by atoms with Gasteiger partial charge in [0, 0.05) is 11.8 Å². The minimum atomic E-state index is -0.465. The Bertz CT molecular complexity index is 711. The van der Waals surface area contributed by atoms with Gasteiger partial charge in [0.15, 0.2) is 0 Å². The smallest absolute Gasteiger partial charge is 0.243 e. The number of benzene rings is 1. The van der Waals surface area contributed by atoms with Crippen molar-refractivity contribution >= 4 is 23.6 Å². The molecule has 2 bridgehead atoms. The first-order valence-corrected chi connectivity index (χ1v) is 11.0. The average Bonchev–Trinajstić information content (AvgIpc) is 3.28. The molecule has 3 aliphatic rings. The van der Waals surface area contributed by atoms with Gasteiger partial charge in [-0.05, 0) is 68.1 Å². The largest absolute Gasteiger partial charge is 0.352 e. The van der Waals surface area contributed by atoms with Crippen LogP contribution in [0.2, 0.25) is 0 Å². The molecule has 146 valence electrons. The fourth-order valence-corrected chi connectivity index (χ4v) is 6.25. The molecule has 1 heterocycles. The van der Waals surface area contributed by atoms with Gasteiger partial charge in [-0.15, -0.1) is 11.8 Å². The summed E-state index contributed by atoms with van der Waals surface area (Å²) in [5, 5.41) is 5.81. The van der Waals surface area contributed by atoms with Gasteiger partial charge in [-0.2, -0.15) is 0 Å². The van der Waals surface area contributed by atoms with E-state index in [0.717, 1.165) is 17.4 Å². The van der Waals surface area contributed by atoms with Crippen LogP contribution in [0.5, 0.6) is 0 Å². The Morgan fingerprint density at radius 2 is 2.07 bits per heavy atom. The second-order valence-corrected chi connectivity index (χ2v) is 9.59. The summed E-state index contributed by atoms with van der Waals surface area (Å²) in [4.78, 5) is 25.1. The van der Waals surface area contributed by atoms with Crippen LogP contribution in [0, 0.1) is 23.6 Å². The van der Waals surface area contributed by atoms with Gasteiger partial charge in [-0.25, -0.2) is 4.39 Å². The predicted molar refractivity (Wildman–Crippen MR) is 105 cm³/mol. The molecule has 6 atom stereocenters. The highest BCUT2D eigenvalue weighted by molar-refractivity contribution is 8.00. The molecule has 27 heavy (non-hydrogen) atoms. The molecule has 3 fully saturated rings. The molecule has 1 aromatic rings. The monoisotopic (exact) mass is 390 g/mol. The molecule has 1 aromatic carbocycles. The van der Waals surface area contributed by atoms with Gasteiger partial charge in [0.1, 0.15) is 11.9 Å². The molecule has 2 aliphatic carbocycles. The Balaban J connectivity index is 1.28. The van der Waals surface area contributed by atoms with Crippen molar-refractivity contribution in [1.29, 1.82) is 0 Å². The number of hydrogen-bond acceptors (Lipinski definition) is 3. The summed E-state index contributed by atoms with van der Waals surface area (Å²) in [5.41, 5.74) is 0.928. The van der Waals surface area contributed by atoms with E-state index >= 15 is 0 Å². The highest BCUT2D eigenvalue weighted by Gasteiger charge is 2.42. The van der Waals surface area contributed by atoms with E-state index in [1.165, 1.54) is 49.6 Å². The van der Waals surface area contributed by atoms with Gasteiger partial charge in [0.25, 0.3) is 0 Å². The van der Waals surface area contributed by atoms with Crippen LogP contribution in [0.3, 0.4) is 0 Å². The van der Waals surface area contributed by atoms with Crippen LogP contribution < -0.4 is 10.6 Å². The second-order valence-electron chi connectivity index (χ2n) is 8.35. The van der Waals surface area contributed by atoms with Crippen LogP contribution in [0.4, 0.5) is 4.39 Å². The third-order valence-corrected chi connectivity index (χ3v) is 7.84. The maximum absolute atomic E-state index is 13.0. The van der Waals surface area contributed by atoms with E-state index in [9.17, 15) is 14.0 Å². The summed E-state index contributed by atoms with van der Waals surface area (Å²) >= 11 is 1.51. The van der Waals surface area contributed by atoms with Gasteiger partial charge in [0.05, 0.1) is 5.25 Å².